The maximum atomic E-state index is 14.2. The summed E-state index contributed by atoms with van der Waals surface area (Å²) in [4.78, 5) is 133. The van der Waals surface area contributed by atoms with E-state index in [0.717, 1.165) is 0 Å². The van der Waals surface area contributed by atoms with E-state index in [1.165, 1.54) is 30.4 Å². The van der Waals surface area contributed by atoms with Gasteiger partial charge in [-0.05, 0) is 90.8 Å². The Morgan fingerprint density at radius 2 is 1.52 bits per heavy atom. The number of guanidine groups is 1. The summed E-state index contributed by atoms with van der Waals surface area (Å²) in [6, 6.07) is -7.68. The average molecular weight is 1030 g/mol. The predicted octanol–water partition coefficient (Wildman–Crippen LogP) is -6.61. The zero-order valence-corrected chi connectivity index (χ0v) is 41.6. The van der Waals surface area contributed by atoms with Crippen molar-refractivity contribution < 1.29 is 53.4 Å². The number of hydrogen-bond acceptors (Lipinski definition) is 17. The number of aliphatic hydroxyl groups is 1. The molecule has 0 unspecified atom stereocenters. The van der Waals surface area contributed by atoms with Gasteiger partial charge in [0.25, 0.3) is 11.8 Å². The third-order valence-electron chi connectivity index (χ3n) is 11.4. The molecule has 1 aliphatic rings. The first-order valence-corrected chi connectivity index (χ1v) is 24.1. The molecule has 1 saturated heterocycles. The van der Waals surface area contributed by atoms with E-state index in [4.69, 9.17) is 40.1 Å². The van der Waals surface area contributed by atoms with Crippen LogP contribution >= 0.6 is 0 Å². The Hall–Kier alpha value is -6.92. The number of carboxylic acids is 1. The molecule has 1 fully saturated rings. The highest BCUT2D eigenvalue weighted by molar-refractivity contribution is 6.40. The minimum Gasteiger partial charge on any atom is -0.477 e. The molecule has 8 amide bonds. The highest BCUT2D eigenvalue weighted by Crippen LogP contribution is 2.20. The number of aryl methyl sites for hydroxylation is 1. The number of rotatable bonds is 33. The second-order valence-corrected chi connectivity index (χ2v) is 17.2. The molecule has 29 nitrogen and oxygen atoms in total. The highest BCUT2D eigenvalue weighted by Gasteiger charge is 2.39. The van der Waals surface area contributed by atoms with Crippen LogP contribution in [0.1, 0.15) is 83.2 Å². The molecule has 22 N–H and O–H groups in total. The van der Waals surface area contributed by atoms with Gasteiger partial charge in [-0.1, -0.05) is 12.5 Å². The van der Waals surface area contributed by atoms with Crippen LogP contribution in [0.2, 0.25) is 0 Å². The van der Waals surface area contributed by atoms with Crippen molar-refractivity contribution in [2.24, 2.45) is 57.2 Å². The molecule has 0 bridgehead atoms. The number of carboxylic acid groups (broad SMARTS) is 1. The zero-order chi connectivity index (χ0) is 54.6. The summed E-state index contributed by atoms with van der Waals surface area (Å²) in [5, 5.41) is 34.9. The summed E-state index contributed by atoms with van der Waals surface area (Å²) in [5.74, 6) is -8.37. The molecule has 2 heterocycles. The van der Waals surface area contributed by atoms with Gasteiger partial charge in [-0.25, -0.2) is 14.8 Å². The van der Waals surface area contributed by atoms with Crippen LogP contribution in [0.4, 0.5) is 0 Å². The largest absolute Gasteiger partial charge is 0.477 e. The van der Waals surface area contributed by atoms with Gasteiger partial charge in [-0.3, -0.25) is 43.3 Å². The first kappa shape index (κ1) is 62.2. The van der Waals surface area contributed by atoms with Crippen LogP contribution in [0.15, 0.2) is 34.3 Å². The number of nitrogens with zero attached hydrogens (tertiary/aromatic N) is 5. The molecule has 0 radical (unpaired) electrons. The molecule has 1 aromatic heterocycles. The van der Waals surface area contributed by atoms with E-state index in [1.54, 1.807) is 11.6 Å². The van der Waals surface area contributed by atoms with Gasteiger partial charge in [-0.15, -0.1) is 0 Å². The van der Waals surface area contributed by atoms with Gasteiger partial charge in [-0.2, -0.15) is 0 Å². The minimum absolute atomic E-state index is 0.0398. The van der Waals surface area contributed by atoms with E-state index in [9.17, 15) is 53.4 Å². The van der Waals surface area contributed by atoms with E-state index in [2.05, 4.69) is 46.9 Å². The van der Waals surface area contributed by atoms with Crippen molar-refractivity contribution in [1.82, 2.24) is 46.4 Å². The summed E-state index contributed by atoms with van der Waals surface area (Å²) in [7, 11) is 1.67. The fourth-order valence-electron chi connectivity index (χ4n) is 7.29. The number of likely N-dealkylation sites (tertiary alicyclic amines) is 1. The lowest BCUT2D eigenvalue weighted by molar-refractivity contribution is -0.137. The van der Waals surface area contributed by atoms with E-state index >= 15 is 0 Å². The van der Waals surface area contributed by atoms with Gasteiger partial charge in [0.15, 0.2) is 5.96 Å². The molecule has 2 rings (SSSR count). The molecule has 7 atom stereocenters. The van der Waals surface area contributed by atoms with Crippen LogP contribution in [0.3, 0.4) is 0 Å². The number of nitrogens with one attached hydrogen (secondary N) is 6. The number of carbonyl (C=O) groups excluding carboxylic acids is 8. The number of imidazole rings is 1. The molecular formula is C44H76N18O11. The number of aliphatic imine (C=N–C) groups is 2. The Balaban J connectivity index is 2.28. The smallest absolute Gasteiger partial charge is 0.352 e. The van der Waals surface area contributed by atoms with Crippen LogP contribution in [0.25, 0.3) is 0 Å². The van der Waals surface area contributed by atoms with Crippen molar-refractivity contribution in [2.45, 2.75) is 126 Å². The van der Waals surface area contributed by atoms with Gasteiger partial charge in [0, 0.05) is 45.0 Å². The van der Waals surface area contributed by atoms with E-state index in [-0.39, 0.29) is 82.8 Å². The number of amides is 8. The van der Waals surface area contributed by atoms with Gasteiger partial charge in [0.05, 0.1) is 25.0 Å². The Labute approximate surface area is 423 Å². The number of unbranched alkanes of at least 4 members (excludes halogenated alkanes) is 2. The van der Waals surface area contributed by atoms with Crippen molar-refractivity contribution in [2.75, 3.05) is 45.8 Å². The van der Waals surface area contributed by atoms with Crippen LogP contribution in [-0.2, 0) is 56.6 Å². The van der Waals surface area contributed by atoms with Crippen molar-refractivity contribution in [3.05, 3.63) is 30.0 Å². The second-order valence-electron chi connectivity index (χ2n) is 17.2. The normalized spacial score (nSPS) is 16.2. The molecule has 29 heteroatoms. The van der Waals surface area contributed by atoms with Crippen LogP contribution in [-0.4, -0.2) is 178 Å². The number of nitrogens with two attached hydrogens (primary N) is 7. The quantitative estimate of drug-likeness (QED) is 0.0135. The molecule has 1 aliphatic heterocycles. The number of carbonyl (C=O) groups is 9. The molecule has 0 saturated carbocycles. The van der Waals surface area contributed by atoms with Crippen molar-refractivity contribution in [1.29, 1.82) is 0 Å². The number of hydrogen-bond donors (Lipinski definition) is 15. The maximum absolute atomic E-state index is 14.2. The average Bonchev–Trinajstić information content (AvgIpc) is 4.02. The van der Waals surface area contributed by atoms with Gasteiger partial charge in [0.2, 0.25) is 35.4 Å². The van der Waals surface area contributed by atoms with Gasteiger partial charge >= 0.3 is 5.97 Å². The Morgan fingerprint density at radius 1 is 0.849 bits per heavy atom. The summed E-state index contributed by atoms with van der Waals surface area (Å²) in [5.41, 5.74) is 38.8. The lowest BCUT2D eigenvalue weighted by Crippen LogP contribution is -2.60. The van der Waals surface area contributed by atoms with E-state index in [0.29, 0.717) is 44.3 Å². The zero-order valence-electron chi connectivity index (χ0n) is 41.6. The molecular weight excluding hydrogens is 957 g/mol. The molecule has 0 aliphatic carbocycles. The highest BCUT2D eigenvalue weighted by atomic mass is 16.4. The van der Waals surface area contributed by atoms with Crippen molar-refractivity contribution in [3.63, 3.8) is 0 Å². The Bertz CT molecular complexity index is 2130. The molecule has 408 valence electrons. The minimum atomic E-state index is -1.57. The fourth-order valence-corrected chi connectivity index (χ4v) is 7.29. The first-order chi connectivity index (χ1) is 34.7. The van der Waals surface area contributed by atoms with Crippen LogP contribution in [0.5, 0.6) is 0 Å². The summed E-state index contributed by atoms with van der Waals surface area (Å²) >= 11 is 0. The van der Waals surface area contributed by atoms with Crippen LogP contribution in [0, 0.1) is 0 Å². The third-order valence-corrected chi connectivity index (χ3v) is 11.4. The standard InChI is InChI=1S/C44H76N18O11/c1-25(55-41(70)35(33(63)21-48)60-37(66)27(49)10-3-5-15-45)36(65)54-23-34(64)56-29(12-7-17-47)42(71)62-19-9-14-32(62)40(69)59-31(20-26-22-52-24-61(26)2)39(68)57-28(11-4-6-16-46)38(67)58-30(43(72)73)13-8-18-53-44(50)51/h13,22,24-25,27-28,31-33,35,63H,3-12,14-21,23,45-49H2,1-2H3,(H,54,65)(H,55,70)(H,57,68)(H,58,67)(H,59,69)(H,60,66)(H,72,73)(H4,50,51,53)/b30-13-,56-29?/t25-,27-,28-,31-,32-,33-,35-/m0/s1. The van der Waals surface area contributed by atoms with Gasteiger partial charge in [0.1, 0.15) is 41.6 Å². The van der Waals surface area contributed by atoms with E-state index in [1.807, 2.05) is 0 Å². The maximum Gasteiger partial charge on any atom is 0.352 e. The second kappa shape index (κ2) is 32.9. The third kappa shape index (κ3) is 21.8. The van der Waals surface area contributed by atoms with Crippen molar-refractivity contribution >= 4 is 64.9 Å². The van der Waals surface area contributed by atoms with Crippen molar-refractivity contribution in [3.8, 4) is 0 Å². The lowest BCUT2D eigenvalue weighted by Gasteiger charge is -2.28. The molecule has 0 aromatic carbocycles. The summed E-state index contributed by atoms with van der Waals surface area (Å²) in [6.07, 6.45) is 5.48. The fraction of sp³-hybridized carbons (Fsp3) is 0.636. The van der Waals surface area contributed by atoms with Gasteiger partial charge < -0.3 is 91.7 Å². The summed E-state index contributed by atoms with van der Waals surface area (Å²) in [6.45, 7) is 1.00. The Morgan fingerprint density at radius 3 is 2.12 bits per heavy atom. The predicted molar refractivity (Wildman–Crippen MR) is 267 cm³/mol. The number of aliphatic hydroxyl groups excluding tert-OH is 1. The Kier molecular flexibility index (Phi) is 28.1. The number of aromatic nitrogens is 2. The molecule has 1 aromatic rings. The molecule has 73 heavy (non-hydrogen) atoms. The number of aliphatic carboxylic acids is 1. The summed E-state index contributed by atoms with van der Waals surface area (Å²) < 4.78 is 1.61. The van der Waals surface area contributed by atoms with Crippen LogP contribution < -0.4 is 72.0 Å². The first-order valence-electron chi connectivity index (χ1n) is 24.1. The SMILES string of the molecule is C[C@H](NC(=O)[C@@H](NC(=O)[C@@H](N)CCCCN)[C@@H](O)CN)C(=O)NCC(=O)N=C(CCCN)C(=O)N1CCC[C@H]1C(=O)N[C@@H](Cc1cncn1C)C(=O)N[C@@H](CCCCN)C(=O)N/C(=C\CCN=C(N)N)C(=O)O. The molecule has 0 spiro atoms. The lowest BCUT2D eigenvalue weighted by atomic mass is 10.1. The topological polar surface area (TPSA) is 494 Å². The monoisotopic (exact) mass is 1030 g/mol. The van der Waals surface area contributed by atoms with E-state index < -0.39 is 114 Å².